The molecule has 1 N–H and O–H groups in total. The number of aliphatic carboxylic acids is 1. The summed E-state index contributed by atoms with van der Waals surface area (Å²) in [6.45, 7) is 4.70. The van der Waals surface area contributed by atoms with E-state index in [1.807, 2.05) is 9.80 Å². The van der Waals surface area contributed by atoms with E-state index in [0.717, 1.165) is 6.07 Å². The number of hydrogen-bond acceptors (Lipinski definition) is 3. The Balaban J connectivity index is 1.90. The molecule has 1 heterocycles. The van der Waals surface area contributed by atoms with Crippen LogP contribution in [0.1, 0.15) is 12.5 Å². The van der Waals surface area contributed by atoms with Crippen LogP contribution in [-0.2, 0) is 11.3 Å². The molecule has 0 saturated carbocycles. The Morgan fingerprint density at radius 2 is 1.95 bits per heavy atom. The highest BCUT2D eigenvalue weighted by molar-refractivity contribution is 5.72. The molecule has 110 valence electrons. The number of nitrogens with zero attached hydrogens (tertiary/aromatic N) is 2. The quantitative estimate of drug-likeness (QED) is 0.911. The van der Waals surface area contributed by atoms with E-state index in [9.17, 15) is 13.6 Å². The minimum absolute atomic E-state index is 0.418. The van der Waals surface area contributed by atoms with Gasteiger partial charge >= 0.3 is 5.97 Å². The Morgan fingerprint density at radius 3 is 2.50 bits per heavy atom. The van der Waals surface area contributed by atoms with Gasteiger partial charge in [0.25, 0.3) is 0 Å². The highest BCUT2D eigenvalue weighted by atomic mass is 19.1. The van der Waals surface area contributed by atoms with Gasteiger partial charge in [-0.2, -0.15) is 0 Å². The third-order valence-electron chi connectivity index (χ3n) is 3.72. The predicted octanol–water partition coefficient (Wildman–Crippen LogP) is 1.56. The summed E-state index contributed by atoms with van der Waals surface area (Å²) in [6, 6.07) is 3.09. The van der Waals surface area contributed by atoms with Gasteiger partial charge < -0.3 is 5.11 Å². The summed E-state index contributed by atoms with van der Waals surface area (Å²) in [5.74, 6) is -1.94. The summed E-state index contributed by atoms with van der Waals surface area (Å²) in [5, 5.41) is 8.96. The van der Waals surface area contributed by atoms with Crippen LogP contribution in [-0.4, -0.2) is 53.1 Å². The van der Waals surface area contributed by atoms with Crippen LogP contribution in [0.5, 0.6) is 0 Å². The molecular weight excluding hydrogens is 266 g/mol. The van der Waals surface area contributed by atoms with Crippen molar-refractivity contribution < 1.29 is 18.7 Å². The van der Waals surface area contributed by atoms with E-state index in [4.69, 9.17) is 5.11 Å². The normalized spacial score (nSPS) is 18.9. The lowest BCUT2D eigenvalue weighted by Crippen LogP contribution is -2.51. The lowest BCUT2D eigenvalue weighted by molar-refractivity contribution is -0.143. The molecule has 1 atom stereocenters. The van der Waals surface area contributed by atoms with Gasteiger partial charge in [0.2, 0.25) is 0 Å². The van der Waals surface area contributed by atoms with Gasteiger partial charge in [0.15, 0.2) is 0 Å². The first-order valence-electron chi connectivity index (χ1n) is 6.60. The highest BCUT2D eigenvalue weighted by Crippen LogP contribution is 2.14. The molecule has 0 aliphatic carbocycles. The van der Waals surface area contributed by atoms with E-state index < -0.39 is 23.6 Å². The molecule has 1 aliphatic heterocycles. The van der Waals surface area contributed by atoms with Gasteiger partial charge in [-0.25, -0.2) is 8.78 Å². The molecule has 1 aliphatic rings. The van der Waals surface area contributed by atoms with E-state index in [1.165, 1.54) is 12.1 Å². The van der Waals surface area contributed by atoms with Crippen molar-refractivity contribution in [2.75, 3.05) is 26.2 Å². The summed E-state index contributed by atoms with van der Waals surface area (Å²) >= 11 is 0. The summed E-state index contributed by atoms with van der Waals surface area (Å²) in [5.41, 5.74) is 0.464. The van der Waals surface area contributed by atoms with Crippen molar-refractivity contribution in [3.8, 4) is 0 Å². The van der Waals surface area contributed by atoms with Crippen LogP contribution in [0.2, 0.25) is 0 Å². The maximum absolute atomic E-state index is 13.6. The molecule has 0 amide bonds. The molecule has 0 spiro atoms. The minimum atomic E-state index is -0.831. The fourth-order valence-electron chi connectivity index (χ4n) is 2.36. The van der Waals surface area contributed by atoms with Crippen molar-refractivity contribution in [2.45, 2.75) is 19.5 Å². The number of piperazine rings is 1. The van der Waals surface area contributed by atoms with Crippen LogP contribution < -0.4 is 0 Å². The number of hydrogen-bond donors (Lipinski definition) is 1. The molecule has 0 bridgehead atoms. The molecule has 6 heteroatoms. The second-order valence-corrected chi connectivity index (χ2v) is 5.06. The van der Waals surface area contributed by atoms with E-state index in [1.54, 1.807) is 6.92 Å². The van der Waals surface area contributed by atoms with E-state index in [-0.39, 0.29) is 0 Å². The second-order valence-electron chi connectivity index (χ2n) is 5.06. The Bertz CT molecular complexity index is 488. The smallest absolute Gasteiger partial charge is 0.320 e. The number of carboxylic acids is 1. The summed E-state index contributed by atoms with van der Waals surface area (Å²) in [4.78, 5) is 14.8. The highest BCUT2D eigenvalue weighted by Gasteiger charge is 2.25. The zero-order valence-corrected chi connectivity index (χ0v) is 11.4. The zero-order chi connectivity index (χ0) is 14.7. The van der Waals surface area contributed by atoms with Crippen LogP contribution >= 0.6 is 0 Å². The molecule has 1 unspecified atom stereocenters. The number of carboxylic acid groups (broad SMARTS) is 1. The van der Waals surface area contributed by atoms with Crippen molar-refractivity contribution in [1.29, 1.82) is 0 Å². The van der Waals surface area contributed by atoms with Crippen LogP contribution in [0.15, 0.2) is 18.2 Å². The lowest BCUT2D eigenvalue weighted by atomic mass is 10.1. The van der Waals surface area contributed by atoms with Crippen LogP contribution in [0.4, 0.5) is 8.78 Å². The lowest BCUT2D eigenvalue weighted by Gasteiger charge is -2.36. The first-order chi connectivity index (χ1) is 9.47. The van der Waals surface area contributed by atoms with Crippen molar-refractivity contribution in [3.05, 3.63) is 35.4 Å². The number of halogens is 2. The predicted molar refractivity (Wildman–Crippen MR) is 70.3 cm³/mol. The minimum Gasteiger partial charge on any atom is -0.480 e. The number of benzene rings is 1. The summed E-state index contributed by atoms with van der Waals surface area (Å²) in [7, 11) is 0. The molecule has 2 rings (SSSR count). The Morgan fingerprint density at radius 1 is 1.30 bits per heavy atom. The zero-order valence-electron chi connectivity index (χ0n) is 11.4. The Hall–Kier alpha value is -1.53. The molecule has 0 radical (unpaired) electrons. The first-order valence-corrected chi connectivity index (χ1v) is 6.60. The van der Waals surface area contributed by atoms with E-state index >= 15 is 0 Å². The van der Waals surface area contributed by atoms with Crippen LogP contribution in [0.25, 0.3) is 0 Å². The first kappa shape index (κ1) is 14.9. The van der Waals surface area contributed by atoms with Gasteiger partial charge in [-0.15, -0.1) is 0 Å². The van der Waals surface area contributed by atoms with Crippen molar-refractivity contribution in [3.63, 3.8) is 0 Å². The summed E-state index contributed by atoms with van der Waals surface area (Å²) < 4.78 is 26.4. The average molecular weight is 284 g/mol. The van der Waals surface area contributed by atoms with Gasteiger partial charge in [0.05, 0.1) is 0 Å². The monoisotopic (exact) mass is 284 g/mol. The summed E-state index contributed by atoms with van der Waals surface area (Å²) in [6.07, 6.45) is 0. The Labute approximate surface area is 116 Å². The van der Waals surface area contributed by atoms with Crippen molar-refractivity contribution in [2.24, 2.45) is 0 Å². The maximum Gasteiger partial charge on any atom is 0.320 e. The van der Waals surface area contributed by atoms with Gasteiger partial charge in [-0.1, -0.05) is 6.07 Å². The van der Waals surface area contributed by atoms with Crippen LogP contribution in [0.3, 0.4) is 0 Å². The second kappa shape index (κ2) is 6.28. The number of rotatable bonds is 4. The molecule has 0 aromatic heterocycles. The third kappa shape index (κ3) is 3.52. The molecule has 1 fully saturated rings. The standard InChI is InChI=1S/C14H18F2N2O2/c1-10(14(19)20)18-6-4-17(5-7-18)9-11-2-3-12(15)8-13(11)16/h2-3,8,10H,4-7,9H2,1H3,(H,19,20). The fourth-order valence-corrected chi connectivity index (χ4v) is 2.36. The van der Waals surface area contributed by atoms with Gasteiger partial charge in [-0.05, 0) is 13.0 Å². The largest absolute Gasteiger partial charge is 0.480 e. The fraction of sp³-hybridized carbons (Fsp3) is 0.500. The van der Waals surface area contributed by atoms with E-state index in [2.05, 4.69) is 0 Å². The topological polar surface area (TPSA) is 43.8 Å². The third-order valence-corrected chi connectivity index (χ3v) is 3.72. The molecule has 1 aromatic carbocycles. The molecule has 4 nitrogen and oxygen atoms in total. The molecule has 1 saturated heterocycles. The molecule has 20 heavy (non-hydrogen) atoms. The van der Waals surface area contributed by atoms with Crippen LogP contribution in [0, 0.1) is 11.6 Å². The average Bonchev–Trinajstić information content (AvgIpc) is 2.42. The van der Waals surface area contributed by atoms with Crippen molar-refractivity contribution >= 4 is 5.97 Å². The van der Waals surface area contributed by atoms with E-state index in [0.29, 0.717) is 38.3 Å². The molecular formula is C14H18F2N2O2. The SMILES string of the molecule is CC(C(=O)O)N1CCN(Cc2ccc(F)cc2F)CC1. The van der Waals surface area contributed by atoms with Crippen molar-refractivity contribution in [1.82, 2.24) is 9.80 Å². The maximum atomic E-state index is 13.6. The van der Waals surface area contributed by atoms with Gasteiger partial charge in [-0.3, -0.25) is 14.6 Å². The molecule has 1 aromatic rings. The van der Waals surface area contributed by atoms with Gasteiger partial charge in [0.1, 0.15) is 17.7 Å². The van der Waals surface area contributed by atoms with Gasteiger partial charge in [0, 0.05) is 44.4 Å². The Kier molecular flexibility index (Phi) is 4.67. The number of carbonyl (C=O) groups is 1.